The van der Waals surface area contributed by atoms with Crippen molar-refractivity contribution in [3.05, 3.63) is 53.7 Å². The van der Waals surface area contributed by atoms with Crippen molar-refractivity contribution in [1.29, 1.82) is 0 Å². The van der Waals surface area contributed by atoms with E-state index in [0.29, 0.717) is 29.9 Å². The Morgan fingerprint density at radius 3 is 2.88 bits per heavy atom. The summed E-state index contributed by atoms with van der Waals surface area (Å²) in [6, 6.07) is 9.51. The average Bonchev–Trinajstić information content (AvgIpc) is 3.09. The Bertz CT molecular complexity index is 684. The first kappa shape index (κ1) is 16.5. The van der Waals surface area contributed by atoms with Crippen LogP contribution < -0.4 is 10.1 Å². The number of hydrogen-bond acceptors (Lipinski definition) is 4. The largest absolute Gasteiger partial charge is 0.486 e. The maximum atomic E-state index is 12.9. The van der Waals surface area contributed by atoms with Crippen molar-refractivity contribution in [2.24, 2.45) is 0 Å². The van der Waals surface area contributed by atoms with E-state index in [4.69, 9.17) is 9.15 Å². The molecule has 128 valence electrons. The maximum absolute atomic E-state index is 12.9. The van der Waals surface area contributed by atoms with Crippen molar-refractivity contribution >= 4 is 5.91 Å². The van der Waals surface area contributed by atoms with Crippen LogP contribution in [-0.2, 0) is 6.61 Å². The van der Waals surface area contributed by atoms with Gasteiger partial charge in [0.2, 0.25) is 0 Å². The molecule has 0 aliphatic carbocycles. The van der Waals surface area contributed by atoms with Gasteiger partial charge in [-0.2, -0.15) is 0 Å². The average molecular weight is 332 g/mol. The Kier molecular flexibility index (Phi) is 5.15. The molecule has 0 spiro atoms. The summed E-state index contributed by atoms with van der Waals surface area (Å²) < 4.78 is 24.0. The van der Waals surface area contributed by atoms with E-state index < -0.39 is 0 Å². The summed E-state index contributed by atoms with van der Waals surface area (Å²) in [7, 11) is 1.91. The number of carbonyl (C=O) groups excluding carboxylic acids is 1. The molecule has 1 aliphatic rings. The summed E-state index contributed by atoms with van der Waals surface area (Å²) in [5, 5.41) is 3.22. The minimum absolute atomic E-state index is 0.0945. The normalized spacial score (nSPS) is 17.8. The van der Waals surface area contributed by atoms with E-state index in [1.807, 2.05) is 11.9 Å². The first-order valence-corrected chi connectivity index (χ1v) is 8.09. The summed E-state index contributed by atoms with van der Waals surface area (Å²) >= 11 is 0. The van der Waals surface area contributed by atoms with Crippen LogP contribution in [0.15, 0.2) is 40.8 Å². The number of hydrogen-bond donors (Lipinski definition) is 1. The van der Waals surface area contributed by atoms with E-state index >= 15 is 0 Å². The minimum atomic E-state index is -0.311. The molecule has 1 aromatic carbocycles. The number of benzene rings is 1. The molecule has 2 aromatic rings. The van der Waals surface area contributed by atoms with Crippen LogP contribution in [0.3, 0.4) is 0 Å². The number of rotatable bonds is 5. The molecule has 1 atom stereocenters. The van der Waals surface area contributed by atoms with Gasteiger partial charge in [0.1, 0.15) is 23.9 Å². The molecule has 3 rings (SSSR count). The second-order valence-electron chi connectivity index (χ2n) is 5.89. The van der Waals surface area contributed by atoms with Gasteiger partial charge in [0, 0.05) is 19.1 Å². The zero-order chi connectivity index (χ0) is 16.9. The molecule has 0 unspecified atom stereocenters. The van der Waals surface area contributed by atoms with E-state index in [2.05, 4.69) is 5.32 Å². The molecule has 0 saturated carbocycles. The molecule has 1 N–H and O–H groups in total. The summed E-state index contributed by atoms with van der Waals surface area (Å²) in [6.07, 6.45) is 2.06. The number of carbonyl (C=O) groups is 1. The van der Waals surface area contributed by atoms with Gasteiger partial charge in [0.05, 0.1) is 0 Å². The zero-order valence-corrected chi connectivity index (χ0v) is 13.6. The number of nitrogens with zero attached hydrogens (tertiary/aromatic N) is 1. The lowest BCUT2D eigenvalue weighted by Crippen LogP contribution is -2.46. The monoisotopic (exact) mass is 332 g/mol. The zero-order valence-electron chi connectivity index (χ0n) is 13.6. The van der Waals surface area contributed by atoms with Crippen LogP contribution in [0.25, 0.3) is 0 Å². The first-order valence-electron chi connectivity index (χ1n) is 8.09. The summed E-state index contributed by atoms with van der Waals surface area (Å²) in [6.45, 7) is 1.63. The lowest BCUT2D eigenvalue weighted by molar-refractivity contribution is 0.0662. The molecule has 5 nitrogen and oxygen atoms in total. The summed E-state index contributed by atoms with van der Waals surface area (Å²) in [4.78, 5) is 14.3. The van der Waals surface area contributed by atoms with E-state index in [-0.39, 0.29) is 18.3 Å². The van der Waals surface area contributed by atoms with Crippen LogP contribution in [0, 0.1) is 5.82 Å². The highest BCUT2D eigenvalue weighted by molar-refractivity contribution is 5.91. The van der Waals surface area contributed by atoms with Gasteiger partial charge in [-0.1, -0.05) is 0 Å². The Balaban J connectivity index is 1.58. The molecule has 1 fully saturated rings. The number of furan rings is 1. The van der Waals surface area contributed by atoms with E-state index in [9.17, 15) is 9.18 Å². The van der Waals surface area contributed by atoms with Crippen LogP contribution >= 0.6 is 0 Å². The SMILES string of the molecule is CN[C@@H]1CCCN(C(=O)c2ccc(COc3ccc(F)cc3)o2)C1. The highest BCUT2D eigenvalue weighted by atomic mass is 19.1. The van der Waals surface area contributed by atoms with Gasteiger partial charge in [0.15, 0.2) is 5.76 Å². The van der Waals surface area contributed by atoms with Crippen molar-refractivity contribution in [3.8, 4) is 5.75 Å². The molecule has 24 heavy (non-hydrogen) atoms. The third-order valence-corrected chi connectivity index (χ3v) is 4.18. The number of likely N-dealkylation sites (N-methyl/N-ethyl adjacent to an activating group) is 1. The lowest BCUT2D eigenvalue weighted by Gasteiger charge is -2.31. The fourth-order valence-electron chi connectivity index (χ4n) is 2.81. The van der Waals surface area contributed by atoms with Crippen molar-refractivity contribution in [2.45, 2.75) is 25.5 Å². The molecule has 1 aliphatic heterocycles. The van der Waals surface area contributed by atoms with Crippen LogP contribution in [0.1, 0.15) is 29.2 Å². The number of ether oxygens (including phenoxy) is 1. The summed E-state index contributed by atoms with van der Waals surface area (Å²) in [5.74, 6) is 1.03. The Hall–Kier alpha value is -2.34. The third kappa shape index (κ3) is 3.94. The predicted octanol–water partition coefficient (Wildman–Crippen LogP) is 2.82. The van der Waals surface area contributed by atoms with Crippen LogP contribution in [-0.4, -0.2) is 37.0 Å². The van der Waals surface area contributed by atoms with Gasteiger partial charge in [-0.3, -0.25) is 4.79 Å². The molecule has 0 radical (unpaired) electrons. The van der Waals surface area contributed by atoms with Gasteiger partial charge < -0.3 is 19.4 Å². The smallest absolute Gasteiger partial charge is 0.289 e. The van der Waals surface area contributed by atoms with Gasteiger partial charge in [-0.15, -0.1) is 0 Å². The standard InChI is InChI=1S/C18H21FN2O3/c1-20-14-3-2-10-21(11-14)18(22)17-9-8-16(24-17)12-23-15-6-4-13(19)5-7-15/h4-9,14,20H,2-3,10-12H2,1H3/t14-/m1/s1. The first-order chi connectivity index (χ1) is 11.7. The molecule has 0 bridgehead atoms. The number of nitrogens with one attached hydrogen (secondary N) is 1. The van der Waals surface area contributed by atoms with Crippen molar-refractivity contribution in [1.82, 2.24) is 10.2 Å². The number of halogens is 1. The Morgan fingerprint density at radius 2 is 2.12 bits per heavy atom. The van der Waals surface area contributed by atoms with Crippen molar-refractivity contribution in [3.63, 3.8) is 0 Å². The fraction of sp³-hybridized carbons (Fsp3) is 0.389. The lowest BCUT2D eigenvalue weighted by atomic mass is 10.1. The molecule has 1 aromatic heterocycles. The van der Waals surface area contributed by atoms with E-state index in [0.717, 1.165) is 19.4 Å². The molecule has 6 heteroatoms. The second kappa shape index (κ2) is 7.49. The van der Waals surface area contributed by atoms with E-state index in [1.165, 1.54) is 12.1 Å². The van der Waals surface area contributed by atoms with Crippen molar-refractivity contribution in [2.75, 3.05) is 20.1 Å². The highest BCUT2D eigenvalue weighted by Gasteiger charge is 2.25. The Labute approximate surface area is 140 Å². The number of piperidine rings is 1. The summed E-state index contributed by atoms with van der Waals surface area (Å²) in [5.41, 5.74) is 0. The van der Waals surface area contributed by atoms with Crippen LogP contribution in [0.5, 0.6) is 5.75 Å². The third-order valence-electron chi connectivity index (χ3n) is 4.18. The van der Waals surface area contributed by atoms with E-state index in [1.54, 1.807) is 24.3 Å². The number of amides is 1. The van der Waals surface area contributed by atoms with Gasteiger partial charge in [-0.25, -0.2) is 4.39 Å². The van der Waals surface area contributed by atoms with Gasteiger partial charge in [0.25, 0.3) is 5.91 Å². The second-order valence-corrected chi connectivity index (χ2v) is 5.89. The molecule has 2 heterocycles. The topological polar surface area (TPSA) is 54.7 Å². The molecule has 1 saturated heterocycles. The van der Waals surface area contributed by atoms with Crippen LogP contribution in [0.4, 0.5) is 4.39 Å². The van der Waals surface area contributed by atoms with Crippen molar-refractivity contribution < 1.29 is 18.3 Å². The number of likely N-dealkylation sites (tertiary alicyclic amines) is 1. The molecular weight excluding hydrogens is 311 g/mol. The molecular formula is C18H21FN2O3. The fourth-order valence-corrected chi connectivity index (χ4v) is 2.81. The minimum Gasteiger partial charge on any atom is -0.486 e. The quantitative estimate of drug-likeness (QED) is 0.915. The van der Waals surface area contributed by atoms with Gasteiger partial charge >= 0.3 is 0 Å². The van der Waals surface area contributed by atoms with Crippen LogP contribution in [0.2, 0.25) is 0 Å². The maximum Gasteiger partial charge on any atom is 0.289 e. The highest BCUT2D eigenvalue weighted by Crippen LogP contribution is 2.18. The predicted molar refractivity (Wildman–Crippen MR) is 87.4 cm³/mol. The molecule has 1 amide bonds. The Morgan fingerprint density at radius 1 is 1.33 bits per heavy atom. The van der Waals surface area contributed by atoms with Gasteiger partial charge in [-0.05, 0) is 56.3 Å².